The number of phenolic OH excluding ortho intramolecular Hbond substituents is 1. The topological polar surface area (TPSA) is 46.5 Å². The van der Waals surface area contributed by atoms with E-state index in [1.165, 1.54) is 18.2 Å². The van der Waals surface area contributed by atoms with E-state index in [0.29, 0.717) is 5.56 Å². The number of hydrogen-bond donors (Lipinski definition) is 1. The van der Waals surface area contributed by atoms with Gasteiger partial charge >= 0.3 is 5.97 Å². The van der Waals surface area contributed by atoms with Gasteiger partial charge in [0, 0.05) is 5.56 Å². The van der Waals surface area contributed by atoms with Gasteiger partial charge in [0.15, 0.2) is 0 Å². The summed E-state index contributed by atoms with van der Waals surface area (Å²) in [5.41, 5.74) is 0.0484. The van der Waals surface area contributed by atoms with Crippen LogP contribution in [0.15, 0.2) is 24.8 Å². The Kier molecular flexibility index (Phi) is 3.83. The molecule has 0 aliphatic rings. The fourth-order valence-electron chi connectivity index (χ4n) is 1.20. The molecule has 1 aromatic carbocycles. The maximum atomic E-state index is 11.8. The molecule has 0 spiro atoms. The van der Waals surface area contributed by atoms with E-state index in [9.17, 15) is 9.90 Å². The molecular formula is C13H15ClO3. The summed E-state index contributed by atoms with van der Waals surface area (Å²) in [5.74, 6) is -0.485. The van der Waals surface area contributed by atoms with Crippen molar-refractivity contribution < 1.29 is 14.6 Å². The van der Waals surface area contributed by atoms with E-state index in [1.807, 2.05) is 0 Å². The summed E-state index contributed by atoms with van der Waals surface area (Å²) in [6.45, 7) is 8.98. The van der Waals surface area contributed by atoms with Crippen LogP contribution in [0.25, 0.3) is 5.57 Å². The first kappa shape index (κ1) is 13.6. The predicted molar refractivity (Wildman–Crippen MR) is 68.0 cm³/mol. The predicted octanol–water partition coefficient (Wildman–Crippen LogP) is 3.40. The third-order valence-electron chi connectivity index (χ3n) is 1.92. The van der Waals surface area contributed by atoms with Crippen LogP contribution in [-0.2, 0) is 9.53 Å². The highest BCUT2D eigenvalue weighted by Gasteiger charge is 2.20. The van der Waals surface area contributed by atoms with Crippen LogP contribution in [0.1, 0.15) is 26.3 Å². The number of ether oxygens (including phenoxy) is 1. The molecule has 0 unspecified atom stereocenters. The third-order valence-corrected chi connectivity index (χ3v) is 2.24. The van der Waals surface area contributed by atoms with E-state index in [4.69, 9.17) is 16.3 Å². The van der Waals surface area contributed by atoms with Crippen molar-refractivity contribution in [1.29, 1.82) is 0 Å². The van der Waals surface area contributed by atoms with Crippen molar-refractivity contribution >= 4 is 23.1 Å². The fourth-order valence-corrected chi connectivity index (χ4v) is 1.49. The molecule has 0 saturated heterocycles. The van der Waals surface area contributed by atoms with E-state index >= 15 is 0 Å². The molecule has 1 N–H and O–H groups in total. The van der Waals surface area contributed by atoms with E-state index in [0.717, 1.165) is 0 Å². The molecule has 0 radical (unpaired) electrons. The molecule has 92 valence electrons. The molecule has 0 heterocycles. The highest BCUT2D eigenvalue weighted by molar-refractivity contribution is 6.34. The largest absolute Gasteiger partial charge is 0.508 e. The van der Waals surface area contributed by atoms with E-state index in [-0.39, 0.29) is 16.3 Å². The van der Waals surface area contributed by atoms with E-state index in [1.54, 1.807) is 20.8 Å². The molecule has 3 nitrogen and oxygen atoms in total. The quantitative estimate of drug-likeness (QED) is 0.650. The Morgan fingerprint density at radius 3 is 2.47 bits per heavy atom. The molecule has 0 fully saturated rings. The summed E-state index contributed by atoms with van der Waals surface area (Å²) in [5, 5.41) is 9.48. The zero-order valence-electron chi connectivity index (χ0n) is 10.1. The van der Waals surface area contributed by atoms with Crippen LogP contribution in [0, 0.1) is 0 Å². The molecule has 0 saturated carbocycles. The average Bonchev–Trinajstić information content (AvgIpc) is 2.14. The number of phenols is 1. The molecule has 1 rings (SSSR count). The molecule has 0 aromatic heterocycles. The summed E-state index contributed by atoms with van der Waals surface area (Å²) in [4.78, 5) is 11.8. The molecule has 0 atom stereocenters. The molecular weight excluding hydrogens is 240 g/mol. The van der Waals surface area contributed by atoms with Crippen LogP contribution >= 0.6 is 11.6 Å². The van der Waals surface area contributed by atoms with E-state index < -0.39 is 11.6 Å². The minimum atomic E-state index is -0.580. The minimum absolute atomic E-state index is 0.0377. The maximum absolute atomic E-state index is 11.8. The monoisotopic (exact) mass is 254 g/mol. The molecule has 17 heavy (non-hydrogen) atoms. The lowest BCUT2D eigenvalue weighted by molar-refractivity contribution is -0.147. The lowest BCUT2D eigenvalue weighted by atomic mass is 10.1. The van der Waals surface area contributed by atoms with Gasteiger partial charge < -0.3 is 9.84 Å². The minimum Gasteiger partial charge on any atom is -0.508 e. The SMILES string of the molecule is C=C(C(=O)OC(C)(C)C)c1ccc(O)cc1Cl. The molecule has 4 heteroatoms. The fraction of sp³-hybridized carbons (Fsp3) is 0.308. The zero-order valence-corrected chi connectivity index (χ0v) is 10.8. The van der Waals surface area contributed by atoms with Crippen molar-refractivity contribution in [2.24, 2.45) is 0 Å². The van der Waals surface area contributed by atoms with Crippen LogP contribution in [-0.4, -0.2) is 16.7 Å². The Morgan fingerprint density at radius 1 is 1.41 bits per heavy atom. The molecule has 0 aliphatic carbocycles. The van der Waals surface area contributed by atoms with Crippen LogP contribution in [0.3, 0.4) is 0 Å². The smallest absolute Gasteiger partial charge is 0.338 e. The summed E-state index contributed by atoms with van der Waals surface area (Å²) >= 11 is 5.91. The summed E-state index contributed by atoms with van der Waals surface area (Å²) < 4.78 is 5.18. The second-order valence-corrected chi connectivity index (χ2v) is 5.05. The van der Waals surface area contributed by atoms with Crippen LogP contribution < -0.4 is 0 Å². The van der Waals surface area contributed by atoms with Crippen molar-refractivity contribution in [3.8, 4) is 5.75 Å². The Balaban J connectivity index is 2.94. The normalized spacial score (nSPS) is 11.1. The van der Waals surface area contributed by atoms with Gasteiger partial charge in [0.05, 0.1) is 10.6 Å². The maximum Gasteiger partial charge on any atom is 0.338 e. The number of rotatable bonds is 2. The Morgan fingerprint density at radius 2 is 2.00 bits per heavy atom. The number of esters is 1. The Labute approximate surface area is 106 Å². The van der Waals surface area contributed by atoms with E-state index in [2.05, 4.69) is 6.58 Å². The van der Waals surface area contributed by atoms with Gasteiger partial charge in [-0.2, -0.15) is 0 Å². The van der Waals surface area contributed by atoms with Gasteiger partial charge in [0.25, 0.3) is 0 Å². The van der Waals surface area contributed by atoms with Gasteiger partial charge in [-0.1, -0.05) is 18.2 Å². The number of hydrogen-bond acceptors (Lipinski definition) is 3. The second kappa shape index (κ2) is 4.80. The summed E-state index contributed by atoms with van der Waals surface area (Å²) in [6, 6.07) is 4.33. The highest BCUT2D eigenvalue weighted by atomic mass is 35.5. The van der Waals surface area contributed by atoms with Crippen molar-refractivity contribution in [1.82, 2.24) is 0 Å². The molecule has 0 aliphatic heterocycles. The van der Waals surface area contributed by atoms with Gasteiger partial charge in [-0.05, 0) is 39.0 Å². The first-order valence-corrected chi connectivity index (χ1v) is 5.49. The second-order valence-electron chi connectivity index (χ2n) is 4.64. The van der Waals surface area contributed by atoms with Gasteiger partial charge in [-0.15, -0.1) is 0 Å². The number of aromatic hydroxyl groups is 1. The number of carbonyl (C=O) groups excluding carboxylic acids is 1. The summed E-state index contributed by atoms with van der Waals surface area (Å²) in [6.07, 6.45) is 0. The number of benzene rings is 1. The first-order valence-electron chi connectivity index (χ1n) is 5.12. The molecule has 0 bridgehead atoms. The van der Waals surface area contributed by atoms with Gasteiger partial charge in [0.1, 0.15) is 11.4 Å². The average molecular weight is 255 g/mol. The summed E-state index contributed by atoms with van der Waals surface area (Å²) in [7, 11) is 0. The number of halogens is 1. The first-order chi connectivity index (χ1) is 7.70. The zero-order chi connectivity index (χ0) is 13.2. The Bertz CT molecular complexity index is 458. The van der Waals surface area contributed by atoms with Gasteiger partial charge in [0.2, 0.25) is 0 Å². The van der Waals surface area contributed by atoms with Crippen LogP contribution in [0.2, 0.25) is 5.02 Å². The number of carbonyl (C=O) groups is 1. The Hall–Kier alpha value is -1.48. The lowest BCUT2D eigenvalue weighted by Gasteiger charge is -2.20. The van der Waals surface area contributed by atoms with Gasteiger partial charge in [-0.25, -0.2) is 4.79 Å². The molecule has 0 amide bonds. The lowest BCUT2D eigenvalue weighted by Crippen LogP contribution is -2.24. The highest BCUT2D eigenvalue weighted by Crippen LogP contribution is 2.28. The van der Waals surface area contributed by atoms with Crippen molar-refractivity contribution in [2.75, 3.05) is 0 Å². The van der Waals surface area contributed by atoms with Crippen LogP contribution in [0.4, 0.5) is 0 Å². The standard InChI is InChI=1S/C13H15ClO3/c1-8(12(16)17-13(2,3)4)10-6-5-9(15)7-11(10)14/h5-7,15H,1H2,2-4H3. The third kappa shape index (κ3) is 3.79. The van der Waals surface area contributed by atoms with Crippen molar-refractivity contribution in [2.45, 2.75) is 26.4 Å². The van der Waals surface area contributed by atoms with Crippen LogP contribution in [0.5, 0.6) is 5.75 Å². The molecule has 1 aromatic rings. The van der Waals surface area contributed by atoms with Crippen molar-refractivity contribution in [3.05, 3.63) is 35.4 Å². The van der Waals surface area contributed by atoms with Gasteiger partial charge in [-0.3, -0.25) is 0 Å². The van der Waals surface area contributed by atoms with Crippen molar-refractivity contribution in [3.63, 3.8) is 0 Å².